The highest BCUT2D eigenvalue weighted by molar-refractivity contribution is 7.89. The van der Waals surface area contributed by atoms with Crippen LogP contribution in [-0.4, -0.2) is 31.4 Å². The maximum absolute atomic E-state index is 13.2. The van der Waals surface area contributed by atoms with Gasteiger partial charge in [0.1, 0.15) is 0 Å². The van der Waals surface area contributed by atoms with Gasteiger partial charge in [0, 0.05) is 0 Å². The molecule has 138 valence electrons. The van der Waals surface area contributed by atoms with Crippen LogP contribution in [0, 0.1) is 20.8 Å². The van der Waals surface area contributed by atoms with Crippen LogP contribution in [0.1, 0.15) is 22.3 Å². The molecule has 0 saturated carbocycles. The van der Waals surface area contributed by atoms with Gasteiger partial charge in [0.05, 0.1) is 30.2 Å². The molecule has 0 aliphatic carbocycles. The van der Waals surface area contributed by atoms with Crippen LogP contribution in [0.5, 0.6) is 0 Å². The Balaban J connectivity index is 1.75. The van der Waals surface area contributed by atoms with Crippen LogP contribution in [0.3, 0.4) is 0 Å². The van der Waals surface area contributed by atoms with E-state index in [0.29, 0.717) is 18.1 Å². The average Bonchev–Trinajstić information content (AvgIpc) is 3.29. The van der Waals surface area contributed by atoms with E-state index in [4.69, 9.17) is 4.74 Å². The van der Waals surface area contributed by atoms with Crippen molar-refractivity contribution in [1.82, 2.24) is 4.31 Å². The Morgan fingerprint density at radius 2 is 1.73 bits per heavy atom. The predicted molar refractivity (Wildman–Crippen MR) is 104 cm³/mol. The molecule has 0 radical (unpaired) electrons. The summed E-state index contributed by atoms with van der Waals surface area (Å²) in [7, 11) is -3.57. The minimum absolute atomic E-state index is 0.193. The van der Waals surface area contributed by atoms with Crippen LogP contribution in [-0.2, 0) is 21.4 Å². The first-order valence-corrected chi connectivity index (χ1v) is 10.2. The molecule has 3 atom stereocenters. The summed E-state index contributed by atoms with van der Waals surface area (Å²) >= 11 is 0. The SMILES string of the molecule is C=C[C@H]1[C@H](COCc2ccccc2)N1S(=O)(=O)c1c(C)cc(C)cc1C. The maximum Gasteiger partial charge on any atom is 0.244 e. The first kappa shape index (κ1) is 18.8. The van der Waals surface area contributed by atoms with Gasteiger partial charge in [-0.1, -0.05) is 54.1 Å². The smallest absolute Gasteiger partial charge is 0.244 e. The van der Waals surface area contributed by atoms with E-state index in [0.717, 1.165) is 22.3 Å². The molecular formula is C21H25NO3S. The highest BCUT2D eigenvalue weighted by Crippen LogP contribution is 2.39. The van der Waals surface area contributed by atoms with Gasteiger partial charge in [0.2, 0.25) is 10.0 Å². The lowest BCUT2D eigenvalue weighted by molar-refractivity contribution is 0.118. The molecule has 26 heavy (non-hydrogen) atoms. The molecule has 4 nitrogen and oxygen atoms in total. The average molecular weight is 372 g/mol. The van der Waals surface area contributed by atoms with E-state index >= 15 is 0 Å². The number of aryl methyl sites for hydroxylation is 3. The summed E-state index contributed by atoms with van der Waals surface area (Å²) in [6, 6.07) is 13.3. The molecule has 1 aliphatic rings. The third kappa shape index (κ3) is 3.61. The van der Waals surface area contributed by atoms with Crippen molar-refractivity contribution < 1.29 is 13.2 Å². The van der Waals surface area contributed by atoms with Crippen molar-refractivity contribution in [3.8, 4) is 0 Å². The Hall–Kier alpha value is -1.95. The molecule has 0 spiro atoms. The van der Waals surface area contributed by atoms with E-state index in [1.165, 1.54) is 4.31 Å². The molecule has 2 aromatic rings. The summed E-state index contributed by atoms with van der Waals surface area (Å²) in [5, 5.41) is 0. The van der Waals surface area contributed by atoms with Gasteiger partial charge in [-0.15, -0.1) is 6.58 Å². The zero-order valence-electron chi connectivity index (χ0n) is 15.5. The second kappa shape index (κ2) is 7.35. The summed E-state index contributed by atoms with van der Waals surface area (Å²) in [5.74, 6) is 0. The number of ether oxygens (including phenoxy) is 1. The van der Waals surface area contributed by atoms with Crippen LogP contribution in [0.15, 0.2) is 60.0 Å². The second-order valence-electron chi connectivity index (χ2n) is 6.86. The molecule has 5 heteroatoms. The van der Waals surface area contributed by atoms with Gasteiger partial charge >= 0.3 is 0 Å². The Bertz CT molecular complexity index is 883. The van der Waals surface area contributed by atoms with E-state index < -0.39 is 10.0 Å². The van der Waals surface area contributed by atoms with Crippen molar-refractivity contribution >= 4 is 10.0 Å². The van der Waals surface area contributed by atoms with Crippen molar-refractivity contribution in [2.24, 2.45) is 0 Å². The lowest BCUT2D eigenvalue weighted by atomic mass is 10.1. The van der Waals surface area contributed by atoms with Gasteiger partial charge in [0.25, 0.3) is 0 Å². The fraction of sp³-hybridized carbons (Fsp3) is 0.333. The van der Waals surface area contributed by atoms with Crippen molar-refractivity contribution in [2.75, 3.05) is 6.61 Å². The highest BCUT2D eigenvalue weighted by atomic mass is 32.2. The summed E-state index contributed by atoms with van der Waals surface area (Å²) in [6.45, 7) is 10.3. The third-order valence-corrected chi connectivity index (χ3v) is 6.94. The molecule has 2 aromatic carbocycles. The number of nitrogens with zero attached hydrogens (tertiary/aromatic N) is 1. The number of hydrogen-bond acceptors (Lipinski definition) is 3. The Kier molecular flexibility index (Phi) is 5.32. The summed E-state index contributed by atoms with van der Waals surface area (Å²) in [6.07, 6.45) is 1.69. The van der Waals surface area contributed by atoms with Gasteiger partial charge < -0.3 is 4.74 Å². The van der Waals surface area contributed by atoms with Crippen molar-refractivity contribution in [1.29, 1.82) is 0 Å². The molecule has 1 fully saturated rings. The maximum atomic E-state index is 13.2. The lowest BCUT2D eigenvalue weighted by Gasteiger charge is -2.13. The van der Waals surface area contributed by atoms with Crippen LogP contribution in [0.2, 0.25) is 0 Å². The van der Waals surface area contributed by atoms with Gasteiger partial charge in [-0.2, -0.15) is 4.31 Å². The number of sulfonamides is 1. The van der Waals surface area contributed by atoms with Gasteiger partial charge in [0.15, 0.2) is 0 Å². The number of benzene rings is 2. The summed E-state index contributed by atoms with van der Waals surface area (Å²) < 4.78 is 33.6. The van der Waals surface area contributed by atoms with Gasteiger partial charge in [-0.25, -0.2) is 8.42 Å². The first-order valence-electron chi connectivity index (χ1n) is 8.72. The van der Waals surface area contributed by atoms with E-state index in [2.05, 4.69) is 6.58 Å². The molecule has 1 heterocycles. The highest BCUT2D eigenvalue weighted by Gasteiger charge is 2.54. The van der Waals surface area contributed by atoms with E-state index in [9.17, 15) is 8.42 Å². The second-order valence-corrected chi connectivity index (χ2v) is 8.64. The summed E-state index contributed by atoms with van der Waals surface area (Å²) in [4.78, 5) is 0.403. The molecular weight excluding hydrogens is 346 g/mol. The number of hydrogen-bond donors (Lipinski definition) is 0. The molecule has 3 rings (SSSR count). The van der Waals surface area contributed by atoms with Crippen molar-refractivity contribution in [3.05, 3.63) is 77.4 Å². The minimum Gasteiger partial charge on any atom is -0.375 e. The standard InChI is InChI=1S/C21H25NO3S/c1-5-19-20(14-25-13-18-9-7-6-8-10-18)22(19)26(23,24)21-16(3)11-15(2)12-17(21)4/h5-12,19-20H,1,13-14H2,2-4H3/t19-,20-,22?/m0/s1. The van der Waals surface area contributed by atoms with Crippen molar-refractivity contribution in [3.63, 3.8) is 0 Å². The molecule has 1 saturated heterocycles. The van der Waals surface area contributed by atoms with Crippen LogP contribution < -0.4 is 0 Å². The monoisotopic (exact) mass is 371 g/mol. The van der Waals surface area contributed by atoms with E-state index in [1.807, 2.05) is 63.2 Å². The van der Waals surface area contributed by atoms with Crippen LogP contribution in [0.4, 0.5) is 0 Å². The molecule has 0 N–H and O–H groups in total. The largest absolute Gasteiger partial charge is 0.375 e. The number of rotatable bonds is 7. The first-order chi connectivity index (χ1) is 12.4. The quantitative estimate of drug-likeness (QED) is 0.550. The van der Waals surface area contributed by atoms with Gasteiger partial charge in [-0.3, -0.25) is 0 Å². The topological polar surface area (TPSA) is 46.4 Å². The Labute approximate surface area is 156 Å². The minimum atomic E-state index is -3.57. The van der Waals surface area contributed by atoms with Gasteiger partial charge in [-0.05, 0) is 37.5 Å². The van der Waals surface area contributed by atoms with Crippen molar-refractivity contribution in [2.45, 2.75) is 44.4 Å². The molecule has 1 aliphatic heterocycles. The molecule has 0 amide bonds. The van der Waals surface area contributed by atoms with Crippen LogP contribution in [0.25, 0.3) is 0 Å². The van der Waals surface area contributed by atoms with E-state index in [1.54, 1.807) is 6.08 Å². The van der Waals surface area contributed by atoms with Crippen LogP contribution >= 0.6 is 0 Å². The third-order valence-electron chi connectivity index (χ3n) is 4.71. The zero-order chi connectivity index (χ0) is 18.9. The summed E-state index contributed by atoms with van der Waals surface area (Å²) in [5.41, 5.74) is 3.69. The molecule has 0 aromatic heterocycles. The van der Waals surface area contributed by atoms with E-state index in [-0.39, 0.29) is 12.1 Å². The Morgan fingerprint density at radius 3 is 2.31 bits per heavy atom. The molecule has 1 unspecified atom stereocenters. The lowest BCUT2D eigenvalue weighted by Crippen LogP contribution is -2.19. The predicted octanol–water partition coefficient (Wildman–Crippen LogP) is 3.76. The fourth-order valence-corrected chi connectivity index (χ4v) is 5.78. The zero-order valence-corrected chi connectivity index (χ0v) is 16.3. The molecule has 0 bridgehead atoms. The fourth-order valence-electron chi connectivity index (χ4n) is 3.60. The Morgan fingerprint density at radius 1 is 1.12 bits per heavy atom. The normalized spacial score (nSPS) is 22.2.